The number of anilines is 1. The summed E-state index contributed by atoms with van der Waals surface area (Å²) in [5, 5.41) is 13.4. The Balaban J connectivity index is 1.56. The van der Waals surface area contributed by atoms with Crippen LogP contribution in [0.15, 0.2) is 46.3 Å². The third kappa shape index (κ3) is 4.94. The fourth-order valence-electron chi connectivity index (χ4n) is 3.90. The van der Waals surface area contributed by atoms with Crippen molar-refractivity contribution in [2.75, 3.05) is 18.4 Å². The van der Waals surface area contributed by atoms with Crippen LogP contribution in [0.5, 0.6) is 0 Å². The summed E-state index contributed by atoms with van der Waals surface area (Å²) in [5.41, 5.74) is 12.2. The zero-order chi connectivity index (χ0) is 21.6. The molecular formula is C22H28BN7S. The van der Waals surface area contributed by atoms with Crippen molar-refractivity contribution in [3.05, 3.63) is 58.8 Å². The number of rotatable bonds is 8. The average molecular weight is 433 g/mol. The maximum atomic E-state index is 6.08. The number of hydrogen-bond donors (Lipinski definition) is 3. The highest BCUT2D eigenvalue weighted by Gasteiger charge is 2.20. The van der Waals surface area contributed by atoms with Crippen LogP contribution in [-0.2, 0) is 6.54 Å². The lowest BCUT2D eigenvalue weighted by atomic mass is 9.75. The molecule has 1 aliphatic rings. The van der Waals surface area contributed by atoms with Gasteiger partial charge in [-0.25, -0.2) is 9.38 Å². The zero-order valence-corrected chi connectivity index (χ0v) is 18.7. The Morgan fingerprint density at radius 3 is 2.87 bits per heavy atom. The molecule has 0 aliphatic carbocycles. The maximum Gasteiger partial charge on any atom is 0.161 e. The summed E-state index contributed by atoms with van der Waals surface area (Å²) in [6, 6.07) is 10.4. The highest BCUT2D eigenvalue weighted by atomic mass is 32.2. The predicted molar refractivity (Wildman–Crippen MR) is 134 cm³/mol. The lowest BCUT2D eigenvalue weighted by Crippen LogP contribution is -2.27. The van der Waals surface area contributed by atoms with Gasteiger partial charge in [-0.15, -0.1) is 0 Å². The van der Waals surface area contributed by atoms with Crippen LogP contribution in [0, 0.1) is 0 Å². The van der Waals surface area contributed by atoms with Gasteiger partial charge in [-0.2, -0.15) is 9.61 Å². The molecule has 4 N–H and O–H groups in total. The Kier molecular flexibility index (Phi) is 6.94. The number of hydrogen-bond acceptors (Lipinski definition) is 7. The second-order valence-corrected chi connectivity index (χ2v) is 8.41. The Morgan fingerprint density at radius 1 is 1.39 bits per heavy atom. The molecule has 0 unspecified atom stereocenters. The van der Waals surface area contributed by atoms with Crippen molar-refractivity contribution in [1.29, 1.82) is 0 Å². The van der Waals surface area contributed by atoms with E-state index in [4.69, 9.17) is 10.7 Å². The fraction of sp³-hybridized carbons (Fsp3) is 0.318. The van der Waals surface area contributed by atoms with Crippen molar-refractivity contribution in [2.45, 2.75) is 32.1 Å². The topological polar surface area (TPSA) is 92.6 Å². The van der Waals surface area contributed by atoms with Crippen LogP contribution in [0.3, 0.4) is 0 Å². The maximum absolute atomic E-state index is 6.08. The molecule has 3 heterocycles. The lowest BCUT2D eigenvalue weighted by molar-refractivity contribution is 0.453. The number of nitrogens with two attached hydrogens (primary N) is 1. The van der Waals surface area contributed by atoms with Crippen LogP contribution in [0.25, 0.3) is 11.3 Å². The summed E-state index contributed by atoms with van der Waals surface area (Å²) in [6.45, 7) is 8.38. The van der Waals surface area contributed by atoms with E-state index in [2.05, 4.69) is 51.9 Å². The summed E-state index contributed by atoms with van der Waals surface area (Å²) in [5.74, 6) is 1.47. The number of nitrogens with zero attached hydrogens (tertiary/aromatic N) is 4. The van der Waals surface area contributed by atoms with Gasteiger partial charge in [-0.05, 0) is 49.2 Å². The van der Waals surface area contributed by atoms with Crippen LogP contribution in [0.4, 0.5) is 5.82 Å². The highest BCUT2D eigenvalue weighted by molar-refractivity contribution is 8.01. The zero-order valence-electron chi connectivity index (χ0n) is 17.8. The number of aromatic nitrogens is 3. The quantitative estimate of drug-likeness (QED) is 0.287. The van der Waals surface area contributed by atoms with Gasteiger partial charge >= 0.3 is 0 Å². The Bertz CT molecular complexity index is 1070. The van der Waals surface area contributed by atoms with Gasteiger partial charge in [-0.3, -0.25) is 0 Å². The summed E-state index contributed by atoms with van der Waals surface area (Å²) < 4.78 is 5.67. The largest absolute Gasteiger partial charge is 0.398 e. The standard InChI is InChI=1S/C22H28BN7S/c1-23-18-13-28-30-21(11-20(29-22(18)30)17-7-9-26-10-8-17)27-12-15-3-5-16(6-4-15)19(24)14-31-25-2/h3-6,11,13-14,17,23,26-27H,2,7-10,12,24H2,1H3/b19-14-. The molecular weight excluding hydrogens is 405 g/mol. The Morgan fingerprint density at radius 2 is 2.16 bits per heavy atom. The fourth-order valence-corrected chi connectivity index (χ4v) is 4.22. The normalized spacial score (nSPS) is 15.2. The Labute approximate surface area is 188 Å². The summed E-state index contributed by atoms with van der Waals surface area (Å²) in [4.78, 5) is 5.00. The van der Waals surface area contributed by atoms with Crippen molar-refractivity contribution >= 4 is 48.6 Å². The van der Waals surface area contributed by atoms with Gasteiger partial charge < -0.3 is 16.4 Å². The van der Waals surface area contributed by atoms with Gasteiger partial charge in [0, 0.05) is 53.5 Å². The van der Waals surface area contributed by atoms with Crippen LogP contribution < -0.4 is 21.8 Å². The van der Waals surface area contributed by atoms with E-state index in [-0.39, 0.29) is 0 Å². The lowest BCUT2D eigenvalue weighted by Gasteiger charge is -2.23. The smallest absolute Gasteiger partial charge is 0.161 e. The Hall–Kier alpha value is -2.78. The number of piperidine rings is 1. The van der Waals surface area contributed by atoms with E-state index in [1.807, 2.05) is 22.8 Å². The second kappa shape index (κ2) is 10.0. The molecule has 0 atom stereocenters. The third-order valence-electron chi connectivity index (χ3n) is 5.72. The van der Waals surface area contributed by atoms with Gasteiger partial charge in [0.15, 0.2) is 12.9 Å². The summed E-state index contributed by atoms with van der Waals surface area (Å²) in [6.07, 6.45) is 4.17. The molecule has 7 nitrogen and oxygen atoms in total. The van der Waals surface area contributed by atoms with Gasteiger partial charge in [0.05, 0.1) is 0 Å². The predicted octanol–water partition coefficient (Wildman–Crippen LogP) is 2.52. The first-order valence-electron chi connectivity index (χ1n) is 10.7. The van der Waals surface area contributed by atoms with Crippen LogP contribution in [-0.4, -0.2) is 41.7 Å². The molecule has 0 amide bonds. The average Bonchev–Trinajstić information content (AvgIpc) is 3.25. The minimum Gasteiger partial charge on any atom is -0.398 e. The summed E-state index contributed by atoms with van der Waals surface area (Å²) in [7, 11) is 0.918. The van der Waals surface area contributed by atoms with Gasteiger partial charge in [0.25, 0.3) is 0 Å². The molecule has 1 saturated heterocycles. The first kappa shape index (κ1) is 21.5. The molecule has 1 aliphatic heterocycles. The van der Waals surface area contributed by atoms with Crippen LogP contribution in [0.2, 0.25) is 6.82 Å². The van der Waals surface area contributed by atoms with Crippen LogP contribution >= 0.6 is 11.9 Å². The van der Waals surface area contributed by atoms with Crippen LogP contribution in [0.1, 0.15) is 35.6 Å². The second-order valence-electron chi connectivity index (χ2n) is 7.71. The van der Waals surface area contributed by atoms with E-state index in [0.717, 1.165) is 55.9 Å². The van der Waals surface area contributed by atoms with Crippen molar-refractivity contribution < 1.29 is 0 Å². The van der Waals surface area contributed by atoms with E-state index in [0.29, 0.717) is 18.2 Å². The minimum atomic E-state index is 0.489. The van der Waals surface area contributed by atoms with Gasteiger partial charge in [-0.1, -0.05) is 31.1 Å². The van der Waals surface area contributed by atoms with Crippen molar-refractivity contribution in [3.63, 3.8) is 0 Å². The van der Waals surface area contributed by atoms with Gasteiger partial charge in [0.1, 0.15) is 5.82 Å². The summed E-state index contributed by atoms with van der Waals surface area (Å²) >= 11 is 1.24. The molecule has 1 aromatic carbocycles. The molecule has 31 heavy (non-hydrogen) atoms. The minimum absolute atomic E-state index is 0.489. The molecule has 2 aromatic heterocycles. The molecule has 0 saturated carbocycles. The number of benzene rings is 1. The van der Waals surface area contributed by atoms with Gasteiger partial charge in [0.2, 0.25) is 0 Å². The molecule has 0 bridgehead atoms. The van der Waals surface area contributed by atoms with E-state index < -0.39 is 0 Å². The van der Waals surface area contributed by atoms with Crippen molar-refractivity contribution in [3.8, 4) is 0 Å². The van der Waals surface area contributed by atoms with Crippen molar-refractivity contribution in [2.24, 2.45) is 10.1 Å². The molecule has 9 heteroatoms. The molecule has 4 rings (SSSR count). The first-order chi connectivity index (χ1) is 15.2. The SMILES string of the molecule is C=NS/C=C(\N)c1ccc(CNc2cc(C3CCNCC3)nc3c(BC)cnn23)cc1. The van der Waals surface area contributed by atoms with Crippen molar-refractivity contribution in [1.82, 2.24) is 19.9 Å². The van der Waals surface area contributed by atoms with E-state index in [9.17, 15) is 0 Å². The first-order valence-corrected chi connectivity index (χ1v) is 11.5. The molecule has 3 aromatic rings. The number of fused-ring (bicyclic) bond motifs is 1. The van der Waals surface area contributed by atoms with E-state index in [1.165, 1.54) is 23.0 Å². The third-order valence-corrected chi connectivity index (χ3v) is 6.23. The monoisotopic (exact) mass is 433 g/mol. The molecule has 0 radical (unpaired) electrons. The molecule has 160 valence electrons. The molecule has 0 spiro atoms. The number of nitrogens with one attached hydrogen (secondary N) is 2. The highest BCUT2D eigenvalue weighted by Crippen LogP contribution is 2.26. The van der Waals surface area contributed by atoms with E-state index in [1.54, 1.807) is 5.41 Å². The van der Waals surface area contributed by atoms with E-state index >= 15 is 0 Å². The molecule has 1 fully saturated rings.